The molecule has 0 bridgehead atoms. The van der Waals surface area contributed by atoms with E-state index in [1.54, 1.807) is 30.7 Å². The van der Waals surface area contributed by atoms with E-state index in [9.17, 15) is 9.59 Å². The van der Waals surface area contributed by atoms with Crippen LogP contribution in [0, 0.1) is 3.77 Å². The summed E-state index contributed by atoms with van der Waals surface area (Å²) in [4.78, 5) is 32.5. The van der Waals surface area contributed by atoms with Gasteiger partial charge in [0.25, 0.3) is 5.56 Å². The van der Waals surface area contributed by atoms with Gasteiger partial charge >= 0.3 is 5.97 Å². The fraction of sp³-hybridized carbons (Fsp3) is 0.148. The van der Waals surface area contributed by atoms with Crippen LogP contribution in [0.5, 0.6) is 5.75 Å². The molecule has 182 valence electrons. The van der Waals surface area contributed by atoms with Crippen LogP contribution in [0.1, 0.15) is 29.9 Å². The molecule has 0 amide bonds. The second-order valence-electron chi connectivity index (χ2n) is 7.85. The van der Waals surface area contributed by atoms with Crippen molar-refractivity contribution in [1.82, 2.24) is 4.57 Å². The van der Waals surface area contributed by atoms with Crippen LogP contribution in [0.15, 0.2) is 86.5 Å². The van der Waals surface area contributed by atoms with Crippen LogP contribution in [0.4, 0.5) is 0 Å². The first-order valence-corrected chi connectivity index (χ1v) is 13.1. The Hall–Kier alpha value is -3.44. The van der Waals surface area contributed by atoms with Crippen LogP contribution in [-0.4, -0.2) is 24.3 Å². The highest BCUT2D eigenvalue weighted by Gasteiger charge is 2.35. The molecule has 1 aliphatic heterocycles. The molecule has 0 aliphatic carbocycles. The second-order valence-corrected chi connectivity index (χ2v) is 9.92. The minimum atomic E-state index is -0.760. The van der Waals surface area contributed by atoms with Gasteiger partial charge in [-0.2, -0.15) is 0 Å². The van der Waals surface area contributed by atoms with Gasteiger partial charge < -0.3 is 13.9 Å². The van der Waals surface area contributed by atoms with Crippen molar-refractivity contribution in [2.75, 3.05) is 13.7 Å². The van der Waals surface area contributed by atoms with Gasteiger partial charge in [-0.05, 0) is 59.3 Å². The number of furan rings is 1. The maximum atomic E-state index is 13.8. The molecular weight excluding hydrogens is 591 g/mol. The molecule has 0 N–H and O–H groups in total. The molecule has 36 heavy (non-hydrogen) atoms. The van der Waals surface area contributed by atoms with E-state index in [0.29, 0.717) is 37.7 Å². The number of fused-ring (bicyclic) bond motifs is 1. The van der Waals surface area contributed by atoms with E-state index in [1.807, 2.05) is 60.7 Å². The van der Waals surface area contributed by atoms with Gasteiger partial charge in [0, 0.05) is 11.6 Å². The van der Waals surface area contributed by atoms with Crippen LogP contribution in [0.25, 0.3) is 11.8 Å². The van der Waals surface area contributed by atoms with Crippen LogP contribution in [-0.2, 0) is 9.53 Å². The largest absolute Gasteiger partial charge is 0.497 e. The monoisotopic (exact) mass is 612 g/mol. The molecule has 0 spiro atoms. The summed E-state index contributed by atoms with van der Waals surface area (Å²) in [6, 6.07) is 19.7. The lowest BCUT2D eigenvalue weighted by Crippen LogP contribution is -2.40. The summed E-state index contributed by atoms with van der Waals surface area (Å²) in [5.74, 6) is 0.652. The molecular formula is C27H21IN2O5S. The molecule has 4 aromatic rings. The van der Waals surface area contributed by atoms with Crippen molar-refractivity contribution >= 4 is 51.7 Å². The zero-order valence-electron chi connectivity index (χ0n) is 19.4. The van der Waals surface area contributed by atoms with E-state index in [1.165, 1.54) is 11.3 Å². The van der Waals surface area contributed by atoms with Gasteiger partial charge in [-0.15, -0.1) is 0 Å². The Balaban J connectivity index is 1.84. The van der Waals surface area contributed by atoms with Gasteiger partial charge in [0.2, 0.25) is 0 Å². The van der Waals surface area contributed by atoms with Gasteiger partial charge in [-0.25, -0.2) is 9.79 Å². The lowest BCUT2D eigenvalue weighted by Gasteiger charge is -2.26. The number of methoxy groups -OCH3 is 1. The van der Waals surface area contributed by atoms with Crippen LogP contribution in [0.3, 0.4) is 0 Å². The maximum absolute atomic E-state index is 13.8. The summed E-state index contributed by atoms with van der Waals surface area (Å²) in [6.07, 6.45) is 1.70. The molecule has 9 heteroatoms. The van der Waals surface area contributed by atoms with Crippen molar-refractivity contribution < 1.29 is 18.7 Å². The summed E-state index contributed by atoms with van der Waals surface area (Å²) in [7, 11) is 1.58. The maximum Gasteiger partial charge on any atom is 0.338 e. The van der Waals surface area contributed by atoms with E-state index in [2.05, 4.69) is 22.6 Å². The quantitative estimate of drug-likeness (QED) is 0.242. The highest BCUT2D eigenvalue weighted by molar-refractivity contribution is 14.1. The SMILES string of the molecule is CCOC(=O)C1=C(c2ccccc2)N=c2s/c(=C\c3ccc(I)o3)c(=O)n2C1c1cccc(OC)c1. The zero-order chi connectivity index (χ0) is 25.2. The molecule has 0 saturated carbocycles. The first-order chi connectivity index (χ1) is 17.5. The Morgan fingerprint density at radius 2 is 1.97 bits per heavy atom. The van der Waals surface area contributed by atoms with E-state index in [0.717, 1.165) is 9.33 Å². The molecule has 5 rings (SSSR count). The number of ether oxygens (including phenoxy) is 2. The first-order valence-electron chi connectivity index (χ1n) is 11.2. The summed E-state index contributed by atoms with van der Waals surface area (Å²) in [5.41, 5.74) is 1.96. The molecule has 1 aliphatic rings. The molecule has 1 unspecified atom stereocenters. The molecule has 1 atom stereocenters. The lowest BCUT2D eigenvalue weighted by molar-refractivity contribution is -0.138. The molecule has 0 saturated heterocycles. The van der Waals surface area contributed by atoms with Crippen molar-refractivity contribution in [2.45, 2.75) is 13.0 Å². The fourth-order valence-corrected chi connectivity index (χ4v) is 5.52. The lowest BCUT2D eigenvalue weighted by atomic mass is 9.93. The number of benzene rings is 2. The number of thiazole rings is 1. The third-order valence-corrected chi connectivity index (χ3v) is 7.21. The minimum absolute atomic E-state index is 0.191. The van der Waals surface area contributed by atoms with Crippen molar-refractivity contribution in [3.05, 3.63) is 113 Å². The number of hydrogen-bond donors (Lipinski definition) is 0. The normalized spacial score (nSPS) is 15.4. The predicted molar refractivity (Wildman–Crippen MR) is 145 cm³/mol. The Morgan fingerprint density at radius 3 is 2.67 bits per heavy atom. The number of nitrogens with zero attached hydrogens (tertiary/aromatic N) is 2. The average molecular weight is 612 g/mol. The summed E-state index contributed by atoms with van der Waals surface area (Å²) in [6.45, 7) is 1.94. The fourth-order valence-electron chi connectivity index (χ4n) is 4.10. The standard InChI is InChI=1S/C27H21IN2O5S/c1-3-34-26(32)22-23(16-8-5-4-6-9-16)29-27-30(24(22)17-10-7-11-18(14-17)33-2)25(31)20(36-27)15-19-12-13-21(28)35-19/h4-15,24H,3H2,1-2H3/b20-15-. The van der Waals surface area contributed by atoms with Crippen LogP contribution in [0.2, 0.25) is 0 Å². The molecule has 2 aromatic heterocycles. The minimum Gasteiger partial charge on any atom is -0.497 e. The highest BCUT2D eigenvalue weighted by atomic mass is 127. The number of hydrogen-bond acceptors (Lipinski definition) is 7. The highest BCUT2D eigenvalue weighted by Crippen LogP contribution is 2.36. The van der Waals surface area contributed by atoms with Gasteiger partial charge in [-0.1, -0.05) is 53.8 Å². The Bertz CT molecular complexity index is 1650. The number of halogens is 1. The summed E-state index contributed by atoms with van der Waals surface area (Å²) in [5, 5.41) is 0. The number of esters is 1. The Morgan fingerprint density at radius 1 is 1.17 bits per heavy atom. The molecule has 7 nitrogen and oxygen atoms in total. The Labute approximate surface area is 224 Å². The van der Waals surface area contributed by atoms with Crippen molar-refractivity contribution in [3.8, 4) is 5.75 Å². The van der Waals surface area contributed by atoms with Crippen molar-refractivity contribution in [2.24, 2.45) is 4.99 Å². The topological polar surface area (TPSA) is 83.0 Å². The molecule has 3 heterocycles. The predicted octanol–water partition coefficient (Wildman–Crippen LogP) is 4.14. The van der Waals surface area contributed by atoms with Crippen molar-refractivity contribution in [1.29, 1.82) is 0 Å². The van der Waals surface area contributed by atoms with E-state index in [-0.39, 0.29) is 12.2 Å². The van der Waals surface area contributed by atoms with E-state index >= 15 is 0 Å². The van der Waals surface area contributed by atoms with Gasteiger partial charge in [0.05, 0.1) is 35.6 Å². The summed E-state index contributed by atoms with van der Waals surface area (Å²) >= 11 is 3.33. The Kier molecular flexibility index (Phi) is 6.92. The third kappa shape index (κ3) is 4.56. The molecule has 2 aromatic carbocycles. The number of carbonyl (C=O) groups is 1. The van der Waals surface area contributed by atoms with Gasteiger partial charge in [-0.3, -0.25) is 9.36 Å². The molecule has 0 fully saturated rings. The second kappa shape index (κ2) is 10.3. The zero-order valence-corrected chi connectivity index (χ0v) is 22.4. The molecule has 0 radical (unpaired) electrons. The smallest absolute Gasteiger partial charge is 0.338 e. The average Bonchev–Trinajstić information content (AvgIpc) is 3.45. The van der Waals surface area contributed by atoms with Gasteiger partial charge in [0.1, 0.15) is 11.5 Å². The summed E-state index contributed by atoms with van der Waals surface area (Å²) < 4.78 is 19.3. The van der Waals surface area contributed by atoms with Crippen LogP contribution >= 0.6 is 33.9 Å². The third-order valence-electron chi connectivity index (χ3n) is 5.65. The van der Waals surface area contributed by atoms with Gasteiger partial charge in [0.15, 0.2) is 8.57 Å². The number of aromatic nitrogens is 1. The van der Waals surface area contributed by atoms with E-state index < -0.39 is 12.0 Å². The van der Waals surface area contributed by atoms with E-state index in [4.69, 9.17) is 18.9 Å². The van der Waals surface area contributed by atoms with Crippen molar-refractivity contribution in [3.63, 3.8) is 0 Å². The first kappa shape index (κ1) is 24.3. The number of rotatable bonds is 6. The number of carbonyl (C=O) groups excluding carboxylic acids is 1. The van der Waals surface area contributed by atoms with Crippen LogP contribution < -0.4 is 19.6 Å².